The molecule has 1 aromatic rings. The van der Waals surface area contributed by atoms with Crippen LogP contribution in [0.1, 0.15) is 25.3 Å². The van der Waals surface area contributed by atoms with Gasteiger partial charge in [0.2, 0.25) is 0 Å². The van der Waals surface area contributed by atoms with Gasteiger partial charge in [0.1, 0.15) is 11.6 Å². The third kappa shape index (κ3) is 2.80. The molecule has 0 aliphatic carbocycles. The van der Waals surface area contributed by atoms with E-state index in [1.807, 2.05) is 20.9 Å². The Hall–Kier alpha value is -0.480. The molecule has 0 saturated heterocycles. The minimum absolute atomic E-state index is 0.162. The Bertz CT molecular complexity index is 368. The molecule has 1 N–H and O–H groups in total. The van der Waals surface area contributed by atoms with Crippen molar-refractivity contribution >= 4 is 15.9 Å². The Morgan fingerprint density at radius 2 is 1.94 bits per heavy atom. The fourth-order valence-corrected chi connectivity index (χ4v) is 2.09. The summed E-state index contributed by atoms with van der Waals surface area (Å²) in [5.41, 5.74) is 0.164. The van der Waals surface area contributed by atoms with Crippen LogP contribution in [0.15, 0.2) is 16.6 Å². The molecule has 0 saturated carbocycles. The van der Waals surface area contributed by atoms with E-state index < -0.39 is 11.6 Å². The van der Waals surface area contributed by atoms with Crippen molar-refractivity contribution in [3.05, 3.63) is 33.8 Å². The van der Waals surface area contributed by atoms with E-state index >= 15 is 0 Å². The second-order valence-electron chi connectivity index (χ2n) is 4.08. The molecule has 0 heterocycles. The summed E-state index contributed by atoms with van der Waals surface area (Å²) in [6, 6.07) is 2.69. The van der Waals surface area contributed by atoms with Crippen LogP contribution < -0.4 is 5.32 Å². The van der Waals surface area contributed by atoms with Crippen LogP contribution in [0.4, 0.5) is 8.78 Å². The second kappa shape index (κ2) is 5.73. The van der Waals surface area contributed by atoms with Crippen molar-refractivity contribution in [1.82, 2.24) is 5.32 Å². The highest BCUT2D eigenvalue weighted by Crippen LogP contribution is 2.31. The van der Waals surface area contributed by atoms with Crippen LogP contribution in [-0.4, -0.2) is 13.6 Å². The Morgan fingerprint density at radius 3 is 2.50 bits per heavy atom. The van der Waals surface area contributed by atoms with Crippen LogP contribution in [0, 0.1) is 17.6 Å². The van der Waals surface area contributed by atoms with E-state index in [9.17, 15) is 8.78 Å². The summed E-state index contributed by atoms with van der Waals surface area (Å²) in [5, 5.41) is 3.02. The lowest BCUT2D eigenvalue weighted by atomic mass is 9.88. The Morgan fingerprint density at radius 1 is 1.31 bits per heavy atom. The lowest BCUT2D eigenvalue weighted by molar-refractivity contribution is 0.428. The van der Waals surface area contributed by atoms with Crippen LogP contribution in [0.25, 0.3) is 0 Å². The van der Waals surface area contributed by atoms with Crippen molar-refractivity contribution < 1.29 is 8.78 Å². The highest BCUT2D eigenvalue weighted by atomic mass is 79.9. The zero-order valence-corrected chi connectivity index (χ0v) is 11.2. The van der Waals surface area contributed by atoms with E-state index in [4.69, 9.17) is 0 Å². The van der Waals surface area contributed by atoms with E-state index in [-0.39, 0.29) is 17.4 Å². The van der Waals surface area contributed by atoms with Gasteiger partial charge in [-0.05, 0) is 53.5 Å². The smallest absolute Gasteiger partial charge is 0.143 e. The van der Waals surface area contributed by atoms with Crippen molar-refractivity contribution in [2.24, 2.45) is 5.92 Å². The number of halogens is 3. The molecule has 16 heavy (non-hydrogen) atoms. The summed E-state index contributed by atoms with van der Waals surface area (Å²) in [6.07, 6.45) is 0. The molecule has 0 aliphatic heterocycles. The molecular weight excluding hydrogens is 276 g/mol. The van der Waals surface area contributed by atoms with Gasteiger partial charge in [-0.1, -0.05) is 13.8 Å². The zero-order chi connectivity index (χ0) is 12.3. The van der Waals surface area contributed by atoms with Gasteiger partial charge in [0.05, 0.1) is 4.47 Å². The molecule has 1 aromatic carbocycles. The number of benzene rings is 1. The SMILES string of the molecule is CNCC(C)C(C)c1c(F)ccc(Br)c1F. The van der Waals surface area contributed by atoms with E-state index in [1.54, 1.807) is 0 Å². The first-order valence-corrected chi connectivity index (χ1v) is 6.06. The molecule has 1 rings (SSSR count). The third-order valence-electron chi connectivity index (χ3n) is 2.91. The first kappa shape index (κ1) is 13.6. The maximum atomic E-state index is 13.8. The molecule has 0 radical (unpaired) electrons. The van der Waals surface area contributed by atoms with Crippen LogP contribution in [-0.2, 0) is 0 Å². The molecule has 1 nitrogen and oxygen atoms in total. The highest BCUT2D eigenvalue weighted by molar-refractivity contribution is 9.10. The largest absolute Gasteiger partial charge is 0.319 e. The summed E-state index contributed by atoms with van der Waals surface area (Å²) >= 11 is 3.08. The molecule has 0 bridgehead atoms. The van der Waals surface area contributed by atoms with Crippen molar-refractivity contribution in [3.63, 3.8) is 0 Å². The van der Waals surface area contributed by atoms with Crippen molar-refractivity contribution in [2.45, 2.75) is 19.8 Å². The second-order valence-corrected chi connectivity index (χ2v) is 4.93. The molecule has 0 aliphatic rings. The predicted molar refractivity (Wildman–Crippen MR) is 65.6 cm³/mol. The number of hydrogen-bond donors (Lipinski definition) is 1. The predicted octanol–water partition coefficient (Wildman–Crippen LogP) is 3.69. The van der Waals surface area contributed by atoms with Crippen LogP contribution in [0.5, 0.6) is 0 Å². The van der Waals surface area contributed by atoms with E-state index in [0.29, 0.717) is 4.47 Å². The van der Waals surface area contributed by atoms with Gasteiger partial charge in [0.15, 0.2) is 0 Å². The number of hydrogen-bond acceptors (Lipinski definition) is 1. The average Bonchev–Trinajstić information content (AvgIpc) is 2.24. The normalized spacial score (nSPS) is 14.9. The molecule has 2 atom stereocenters. The van der Waals surface area contributed by atoms with Crippen LogP contribution >= 0.6 is 15.9 Å². The summed E-state index contributed by atoms with van der Waals surface area (Å²) in [7, 11) is 1.83. The summed E-state index contributed by atoms with van der Waals surface area (Å²) < 4.78 is 27.7. The quantitative estimate of drug-likeness (QED) is 0.835. The standard InChI is InChI=1S/C12H16BrF2N/c1-7(6-16-3)8(2)11-10(14)5-4-9(13)12(11)15/h4-5,7-8,16H,6H2,1-3H3. The molecule has 4 heteroatoms. The van der Waals surface area contributed by atoms with E-state index in [2.05, 4.69) is 21.2 Å². The van der Waals surface area contributed by atoms with Crippen LogP contribution in [0.3, 0.4) is 0 Å². The monoisotopic (exact) mass is 291 g/mol. The summed E-state index contributed by atoms with van der Waals surface area (Å²) in [5.74, 6) is -0.958. The molecule has 0 spiro atoms. The van der Waals surface area contributed by atoms with Crippen molar-refractivity contribution in [1.29, 1.82) is 0 Å². The average molecular weight is 292 g/mol. The van der Waals surface area contributed by atoms with E-state index in [0.717, 1.165) is 6.54 Å². The van der Waals surface area contributed by atoms with E-state index in [1.165, 1.54) is 12.1 Å². The fourth-order valence-electron chi connectivity index (χ4n) is 1.74. The molecule has 2 unspecified atom stereocenters. The molecular formula is C12H16BrF2N. The van der Waals surface area contributed by atoms with Gasteiger partial charge in [0, 0.05) is 5.56 Å². The Balaban J connectivity index is 3.07. The van der Waals surface area contributed by atoms with Crippen molar-refractivity contribution in [3.8, 4) is 0 Å². The van der Waals surface area contributed by atoms with Gasteiger partial charge in [-0.15, -0.1) is 0 Å². The van der Waals surface area contributed by atoms with Gasteiger partial charge in [-0.3, -0.25) is 0 Å². The van der Waals surface area contributed by atoms with Crippen molar-refractivity contribution in [2.75, 3.05) is 13.6 Å². The minimum atomic E-state index is -0.490. The topological polar surface area (TPSA) is 12.0 Å². The maximum absolute atomic E-state index is 13.8. The summed E-state index contributed by atoms with van der Waals surface area (Å²) in [6.45, 7) is 4.55. The number of nitrogens with one attached hydrogen (secondary N) is 1. The third-order valence-corrected chi connectivity index (χ3v) is 3.53. The first-order chi connectivity index (χ1) is 7.49. The highest BCUT2D eigenvalue weighted by Gasteiger charge is 2.22. The molecule has 0 fully saturated rings. The molecule has 90 valence electrons. The van der Waals surface area contributed by atoms with Gasteiger partial charge >= 0.3 is 0 Å². The maximum Gasteiger partial charge on any atom is 0.143 e. The molecule has 0 aromatic heterocycles. The van der Waals surface area contributed by atoms with Gasteiger partial charge in [-0.25, -0.2) is 8.78 Å². The lowest BCUT2D eigenvalue weighted by Gasteiger charge is -2.21. The van der Waals surface area contributed by atoms with Gasteiger partial charge in [0.25, 0.3) is 0 Å². The minimum Gasteiger partial charge on any atom is -0.319 e. The summed E-state index contributed by atoms with van der Waals surface area (Å²) in [4.78, 5) is 0. The Kier molecular flexibility index (Phi) is 4.87. The zero-order valence-electron chi connectivity index (χ0n) is 9.65. The van der Waals surface area contributed by atoms with Crippen LogP contribution in [0.2, 0.25) is 0 Å². The van der Waals surface area contributed by atoms with Gasteiger partial charge in [-0.2, -0.15) is 0 Å². The molecule has 0 amide bonds. The number of rotatable bonds is 4. The lowest BCUT2D eigenvalue weighted by Crippen LogP contribution is -2.22. The first-order valence-electron chi connectivity index (χ1n) is 5.27. The Labute approximate surface area is 103 Å². The fraction of sp³-hybridized carbons (Fsp3) is 0.500. The van der Waals surface area contributed by atoms with Gasteiger partial charge < -0.3 is 5.32 Å².